The number of aryl methyl sites for hydroxylation is 1. The number of piperidine rings is 1. The third kappa shape index (κ3) is 2.85. The van der Waals surface area contributed by atoms with Crippen molar-refractivity contribution >= 4 is 0 Å². The minimum atomic E-state index is 0.156. The van der Waals surface area contributed by atoms with Crippen LogP contribution in [0.25, 0.3) is 0 Å². The third-order valence-electron chi connectivity index (χ3n) is 3.84. The van der Waals surface area contributed by atoms with E-state index in [9.17, 15) is 0 Å². The van der Waals surface area contributed by atoms with Crippen LogP contribution < -0.4 is 4.74 Å². The summed E-state index contributed by atoms with van der Waals surface area (Å²) in [6.07, 6.45) is 1.33. The molecular formula is C15H23NO2. The molecule has 18 heavy (non-hydrogen) atoms. The van der Waals surface area contributed by atoms with Gasteiger partial charge in [-0.1, -0.05) is 12.1 Å². The summed E-state index contributed by atoms with van der Waals surface area (Å²) >= 11 is 0. The second kappa shape index (κ2) is 5.72. The van der Waals surface area contributed by atoms with Crippen LogP contribution in [0.3, 0.4) is 0 Å². The minimum absolute atomic E-state index is 0.156. The molecule has 3 heteroatoms. The van der Waals surface area contributed by atoms with Crippen LogP contribution in [-0.2, 0) is 4.74 Å². The van der Waals surface area contributed by atoms with Gasteiger partial charge in [0.2, 0.25) is 0 Å². The van der Waals surface area contributed by atoms with E-state index in [1.807, 2.05) is 6.07 Å². The molecule has 1 fully saturated rings. The van der Waals surface area contributed by atoms with Crippen LogP contribution in [0.2, 0.25) is 0 Å². The predicted molar refractivity (Wildman–Crippen MR) is 73.2 cm³/mol. The Hall–Kier alpha value is -1.06. The topological polar surface area (TPSA) is 21.7 Å². The normalized spacial score (nSPS) is 25.1. The Morgan fingerprint density at radius 3 is 2.72 bits per heavy atom. The Morgan fingerprint density at radius 2 is 2.00 bits per heavy atom. The molecule has 100 valence electrons. The van der Waals surface area contributed by atoms with Gasteiger partial charge in [0, 0.05) is 20.2 Å². The molecule has 0 aromatic heterocycles. The highest BCUT2D eigenvalue weighted by molar-refractivity contribution is 5.38. The van der Waals surface area contributed by atoms with Crippen LogP contribution in [0.4, 0.5) is 0 Å². The van der Waals surface area contributed by atoms with E-state index >= 15 is 0 Å². The molecule has 0 radical (unpaired) electrons. The van der Waals surface area contributed by atoms with Crippen molar-refractivity contribution in [2.45, 2.75) is 32.5 Å². The van der Waals surface area contributed by atoms with E-state index < -0.39 is 0 Å². The molecule has 1 aromatic carbocycles. The third-order valence-corrected chi connectivity index (χ3v) is 3.84. The lowest BCUT2D eigenvalue weighted by atomic mass is 10.0. The monoisotopic (exact) mass is 249 g/mol. The Labute approximate surface area is 110 Å². The Kier molecular flexibility index (Phi) is 4.25. The first-order valence-electron chi connectivity index (χ1n) is 6.56. The number of ether oxygens (including phenoxy) is 2. The zero-order valence-electron chi connectivity index (χ0n) is 11.8. The number of benzene rings is 1. The van der Waals surface area contributed by atoms with E-state index in [1.165, 1.54) is 11.1 Å². The number of methoxy groups -OCH3 is 1. The van der Waals surface area contributed by atoms with Crippen LogP contribution in [0.5, 0.6) is 5.75 Å². The van der Waals surface area contributed by atoms with Gasteiger partial charge in [-0.05, 0) is 44.5 Å². The Balaban J connectivity index is 2.10. The van der Waals surface area contributed by atoms with Crippen molar-refractivity contribution in [1.29, 1.82) is 0 Å². The van der Waals surface area contributed by atoms with Crippen LogP contribution in [0, 0.1) is 13.8 Å². The molecule has 0 spiro atoms. The fourth-order valence-electron chi connectivity index (χ4n) is 2.43. The number of hydrogen-bond acceptors (Lipinski definition) is 3. The fourth-order valence-corrected chi connectivity index (χ4v) is 2.43. The summed E-state index contributed by atoms with van der Waals surface area (Å²) in [4.78, 5) is 2.29. The van der Waals surface area contributed by atoms with E-state index in [2.05, 4.69) is 37.9 Å². The van der Waals surface area contributed by atoms with Crippen molar-refractivity contribution in [2.24, 2.45) is 0 Å². The summed E-state index contributed by atoms with van der Waals surface area (Å²) in [6, 6.07) is 6.21. The number of rotatable bonds is 3. The highest BCUT2D eigenvalue weighted by atomic mass is 16.5. The van der Waals surface area contributed by atoms with Gasteiger partial charge in [0.1, 0.15) is 18.0 Å². The molecule has 2 rings (SSSR count). The van der Waals surface area contributed by atoms with Crippen molar-refractivity contribution in [2.75, 3.05) is 27.2 Å². The molecule has 1 aliphatic heterocycles. The second-order valence-corrected chi connectivity index (χ2v) is 5.18. The van der Waals surface area contributed by atoms with Crippen LogP contribution in [0.1, 0.15) is 17.5 Å². The summed E-state index contributed by atoms with van der Waals surface area (Å²) in [7, 11) is 3.89. The van der Waals surface area contributed by atoms with E-state index in [0.717, 1.165) is 25.3 Å². The van der Waals surface area contributed by atoms with Gasteiger partial charge in [0.05, 0.1) is 0 Å². The molecule has 0 saturated carbocycles. The summed E-state index contributed by atoms with van der Waals surface area (Å²) < 4.78 is 11.7. The van der Waals surface area contributed by atoms with Gasteiger partial charge in [0.15, 0.2) is 0 Å². The van der Waals surface area contributed by atoms with Gasteiger partial charge in [-0.3, -0.25) is 0 Å². The van der Waals surface area contributed by atoms with E-state index in [4.69, 9.17) is 9.47 Å². The van der Waals surface area contributed by atoms with Gasteiger partial charge < -0.3 is 14.4 Å². The summed E-state index contributed by atoms with van der Waals surface area (Å²) in [6.45, 7) is 6.23. The highest BCUT2D eigenvalue weighted by Gasteiger charge is 2.29. The number of likely N-dealkylation sites (tertiary alicyclic amines) is 1. The lowest BCUT2D eigenvalue weighted by molar-refractivity contribution is -0.0437. The average Bonchev–Trinajstić information content (AvgIpc) is 2.37. The largest absolute Gasteiger partial charge is 0.487 e. The maximum absolute atomic E-state index is 6.17. The van der Waals surface area contributed by atoms with Crippen molar-refractivity contribution in [1.82, 2.24) is 4.90 Å². The quantitative estimate of drug-likeness (QED) is 0.821. The van der Waals surface area contributed by atoms with Gasteiger partial charge in [-0.2, -0.15) is 0 Å². The molecule has 1 saturated heterocycles. The lowest BCUT2D eigenvalue weighted by Crippen LogP contribution is -2.48. The van der Waals surface area contributed by atoms with Crippen molar-refractivity contribution in [3.05, 3.63) is 29.3 Å². The van der Waals surface area contributed by atoms with E-state index in [0.29, 0.717) is 0 Å². The molecule has 0 amide bonds. The lowest BCUT2D eigenvalue weighted by Gasteiger charge is -2.36. The maximum atomic E-state index is 6.17. The van der Waals surface area contributed by atoms with Crippen LogP contribution >= 0.6 is 0 Å². The first kappa shape index (κ1) is 13.4. The molecule has 1 aliphatic rings. The number of nitrogens with zero attached hydrogens (tertiary/aromatic N) is 1. The smallest absolute Gasteiger partial charge is 0.127 e. The molecule has 1 aromatic rings. The molecule has 3 nitrogen and oxygen atoms in total. The number of hydrogen-bond donors (Lipinski definition) is 0. The Morgan fingerprint density at radius 1 is 1.22 bits per heavy atom. The van der Waals surface area contributed by atoms with Gasteiger partial charge in [-0.25, -0.2) is 0 Å². The molecule has 2 atom stereocenters. The zero-order valence-corrected chi connectivity index (χ0v) is 11.8. The van der Waals surface area contributed by atoms with Gasteiger partial charge in [0.25, 0.3) is 0 Å². The number of likely N-dealkylation sites (N-methyl/N-ethyl adjacent to an activating group) is 1. The summed E-state index contributed by atoms with van der Waals surface area (Å²) in [5.74, 6) is 0.992. The van der Waals surface area contributed by atoms with E-state index in [1.54, 1.807) is 7.11 Å². The molecule has 0 bridgehead atoms. The molecule has 0 N–H and O–H groups in total. The van der Waals surface area contributed by atoms with Crippen molar-refractivity contribution < 1.29 is 9.47 Å². The first-order valence-corrected chi connectivity index (χ1v) is 6.56. The standard InChI is InChI=1S/C15H23NO2/c1-11-6-5-7-13(12(11)2)18-14-8-9-16(3)10-15(14)17-4/h5-7,14-15H,8-10H2,1-4H3/t14-,15+/m1/s1. The average molecular weight is 249 g/mol. The SMILES string of the molecule is CO[C@H]1CN(C)CC[C@H]1Oc1cccc(C)c1C. The fraction of sp³-hybridized carbons (Fsp3) is 0.600. The molecule has 0 unspecified atom stereocenters. The van der Waals surface area contributed by atoms with Crippen LogP contribution in [-0.4, -0.2) is 44.4 Å². The Bertz CT molecular complexity index is 405. The molecule has 1 heterocycles. The van der Waals surface area contributed by atoms with Gasteiger partial charge in [-0.15, -0.1) is 0 Å². The first-order chi connectivity index (χ1) is 8.61. The molecular weight excluding hydrogens is 226 g/mol. The van der Waals surface area contributed by atoms with E-state index in [-0.39, 0.29) is 12.2 Å². The van der Waals surface area contributed by atoms with Crippen LogP contribution in [0.15, 0.2) is 18.2 Å². The van der Waals surface area contributed by atoms with Gasteiger partial charge >= 0.3 is 0 Å². The molecule has 0 aliphatic carbocycles. The summed E-state index contributed by atoms with van der Waals surface area (Å²) in [5, 5.41) is 0. The predicted octanol–water partition coefficient (Wildman–Crippen LogP) is 2.40. The van der Waals surface area contributed by atoms with Crippen molar-refractivity contribution in [3.63, 3.8) is 0 Å². The minimum Gasteiger partial charge on any atom is -0.487 e. The summed E-state index contributed by atoms with van der Waals surface area (Å²) in [5.41, 5.74) is 2.50. The maximum Gasteiger partial charge on any atom is 0.127 e. The van der Waals surface area contributed by atoms with Crippen molar-refractivity contribution in [3.8, 4) is 5.75 Å². The second-order valence-electron chi connectivity index (χ2n) is 5.18. The highest BCUT2D eigenvalue weighted by Crippen LogP contribution is 2.25. The zero-order chi connectivity index (χ0) is 13.1.